The molecule has 3 N–H and O–H groups in total. The molecule has 148 valence electrons. The number of ether oxygens (including phenoxy) is 1. The Kier molecular flexibility index (Phi) is 6.65. The van der Waals surface area contributed by atoms with Crippen LogP contribution >= 0.6 is 12.2 Å². The molecular weight excluding hydrogens is 372 g/mol. The number of nitrogens with one attached hydrogen (secondary N) is 1. The summed E-state index contributed by atoms with van der Waals surface area (Å²) in [6.07, 6.45) is 8.13. The SMILES string of the molecule is C=C(/C=C\C(N)=C/C)N1CCN(C(=S)N/N=C2/CCOc3cccnc32)CC1. The molecule has 0 aliphatic carbocycles. The molecule has 0 atom stereocenters. The molecule has 0 saturated carbocycles. The second kappa shape index (κ2) is 9.36. The van der Waals surface area contributed by atoms with E-state index >= 15 is 0 Å². The van der Waals surface area contributed by atoms with Gasteiger partial charge in [0.05, 0.1) is 12.3 Å². The van der Waals surface area contributed by atoms with Crippen LogP contribution in [0.3, 0.4) is 0 Å². The van der Waals surface area contributed by atoms with Crippen LogP contribution < -0.4 is 15.9 Å². The second-order valence-corrected chi connectivity index (χ2v) is 6.90. The van der Waals surface area contributed by atoms with Gasteiger partial charge in [0.25, 0.3) is 0 Å². The average Bonchev–Trinajstić information content (AvgIpc) is 2.75. The van der Waals surface area contributed by atoms with E-state index in [9.17, 15) is 0 Å². The summed E-state index contributed by atoms with van der Waals surface area (Å²) < 4.78 is 5.61. The Balaban J connectivity index is 1.52. The normalized spacial score (nSPS) is 18.8. The fraction of sp³-hybridized carbons (Fsp3) is 0.350. The van der Waals surface area contributed by atoms with Crippen molar-refractivity contribution in [2.75, 3.05) is 32.8 Å². The number of nitrogens with zero attached hydrogens (tertiary/aromatic N) is 4. The Labute approximate surface area is 171 Å². The van der Waals surface area contributed by atoms with Crippen molar-refractivity contribution in [2.45, 2.75) is 13.3 Å². The zero-order chi connectivity index (χ0) is 19.9. The summed E-state index contributed by atoms with van der Waals surface area (Å²) in [5.41, 5.74) is 12.1. The number of hydrogen-bond donors (Lipinski definition) is 2. The highest BCUT2D eigenvalue weighted by atomic mass is 32.1. The number of nitrogens with two attached hydrogens (primary N) is 1. The van der Waals surface area contributed by atoms with Gasteiger partial charge in [0.2, 0.25) is 0 Å². The highest BCUT2D eigenvalue weighted by molar-refractivity contribution is 7.80. The first kappa shape index (κ1) is 19.9. The number of rotatable bonds is 4. The van der Waals surface area contributed by atoms with Gasteiger partial charge in [-0.05, 0) is 43.4 Å². The second-order valence-electron chi connectivity index (χ2n) is 6.51. The van der Waals surface area contributed by atoms with E-state index in [4.69, 9.17) is 22.7 Å². The number of pyridine rings is 1. The lowest BCUT2D eigenvalue weighted by Crippen LogP contribution is -2.50. The summed E-state index contributed by atoms with van der Waals surface area (Å²) in [4.78, 5) is 8.71. The third-order valence-corrected chi connectivity index (χ3v) is 5.05. The third kappa shape index (κ3) is 4.89. The lowest BCUT2D eigenvalue weighted by atomic mass is 10.1. The molecule has 7 nitrogen and oxygen atoms in total. The minimum Gasteiger partial charge on any atom is -0.491 e. The minimum absolute atomic E-state index is 0.595. The third-order valence-electron chi connectivity index (χ3n) is 4.70. The molecule has 1 saturated heterocycles. The predicted octanol–water partition coefficient (Wildman–Crippen LogP) is 1.99. The van der Waals surface area contributed by atoms with E-state index in [-0.39, 0.29) is 0 Å². The maximum Gasteiger partial charge on any atom is 0.189 e. The van der Waals surface area contributed by atoms with Gasteiger partial charge < -0.3 is 20.3 Å². The zero-order valence-electron chi connectivity index (χ0n) is 16.1. The molecule has 1 aromatic rings. The summed E-state index contributed by atoms with van der Waals surface area (Å²) in [5.74, 6) is 0.763. The van der Waals surface area contributed by atoms with Crippen LogP contribution in [0, 0.1) is 0 Å². The van der Waals surface area contributed by atoms with E-state index in [1.54, 1.807) is 6.20 Å². The van der Waals surface area contributed by atoms with Gasteiger partial charge in [0.1, 0.15) is 11.4 Å². The smallest absolute Gasteiger partial charge is 0.189 e. The van der Waals surface area contributed by atoms with E-state index in [0.29, 0.717) is 18.1 Å². The van der Waals surface area contributed by atoms with Crippen LogP contribution in [0.25, 0.3) is 0 Å². The molecule has 0 unspecified atom stereocenters. The van der Waals surface area contributed by atoms with Gasteiger partial charge in [-0.1, -0.05) is 12.7 Å². The quantitative estimate of drug-likeness (QED) is 0.456. The molecule has 2 aliphatic rings. The van der Waals surface area contributed by atoms with E-state index in [2.05, 4.69) is 31.9 Å². The van der Waals surface area contributed by atoms with Crippen molar-refractivity contribution < 1.29 is 4.74 Å². The van der Waals surface area contributed by atoms with Crippen molar-refractivity contribution in [3.8, 4) is 5.75 Å². The molecule has 0 bridgehead atoms. The molecule has 1 aromatic heterocycles. The summed E-state index contributed by atoms with van der Waals surface area (Å²) in [6.45, 7) is 9.93. The predicted molar refractivity (Wildman–Crippen MR) is 116 cm³/mol. The van der Waals surface area contributed by atoms with E-state index < -0.39 is 0 Å². The highest BCUT2D eigenvalue weighted by Crippen LogP contribution is 2.22. The number of aromatic nitrogens is 1. The van der Waals surface area contributed by atoms with Gasteiger partial charge in [0, 0.05) is 50.2 Å². The van der Waals surface area contributed by atoms with Gasteiger partial charge in [-0.15, -0.1) is 0 Å². The lowest BCUT2D eigenvalue weighted by Gasteiger charge is -2.37. The first-order chi connectivity index (χ1) is 13.6. The van der Waals surface area contributed by atoms with Crippen molar-refractivity contribution in [1.29, 1.82) is 0 Å². The fourth-order valence-electron chi connectivity index (χ4n) is 2.99. The monoisotopic (exact) mass is 398 g/mol. The van der Waals surface area contributed by atoms with E-state index in [1.807, 2.05) is 37.3 Å². The molecule has 28 heavy (non-hydrogen) atoms. The fourth-order valence-corrected chi connectivity index (χ4v) is 3.21. The topological polar surface area (TPSA) is 79.0 Å². The number of piperazine rings is 1. The summed E-state index contributed by atoms with van der Waals surface area (Å²) >= 11 is 5.52. The first-order valence-electron chi connectivity index (χ1n) is 9.32. The van der Waals surface area contributed by atoms with Gasteiger partial charge >= 0.3 is 0 Å². The van der Waals surface area contributed by atoms with Crippen molar-refractivity contribution in [3.05, 3.63) is 60.2 Å². The van der Waals surface area contributed by atoms with Gasteiger partial charge in [-0.3, -0.25) is 10.4 Å². The van der Waals surface area contributed by atoms with Crippen LogP contribution in [0.1, 0.15) is 19.0 Å². The molecule has 0 amide bonds. The molecule has 3 rings (SSSR count). The molecule has 0 aromatic carbocycles. The average molecular weight is 399 g/mol. The number of hydrogen-bond acceptors (Lipinski definition) is 6. The minimum atomic E-state index is 0.595. The van der Waals surface area contributed by atoms with Crippen molar-refractivity contribution >= 4 is 23.0 Å². The van der Waals surface area contributed by atoms with Crippen LogP contribution in [0.15, 0.2) is 59.6 Å². The number of hydrazone groups is 1. The standard InChI is InChI=1S/C20H26N6OS/c1-3-16(21)7-6-15(2)25-10-12-26(13-11-25)20(28)24-23-17-8-14-27-18-5-4-9-22-19(17)18/h3-7,9H,2,8,10-14,21H2,1H3,(H,24,28)/b7-6-,16-3+,23-17-. The number of fused-ring (bicyclic) bond motifs is 1. The zero-order valence-corrected chi connectivity index (χ0v) is 16.9. The highest BCUT2D eigenvalue weighted by Gasteiger charge is 2.21. The lowest BCUT2D eigenvalue weighted by molar-refractivity contribution is 0.226. The molecular formula is C20H26N6OS. The Hall–Kier alpha value is -2.87. The Morgan fingerprint density at radius 2 is 2.07 bits per heavy atom. The molecule has 1 fully saturated rings. The summed E-state index contributed by atoms with van der Waals surface area (Å²) in [6, 6.07) is 3.76. The van der Waals surface area contributed by atoms with Crippen LogP contribution in [0.2, 0.25) is 0 Å². The van der Waals surface area contributed by atoms with Crippen molar-refractivity contribution in [3.63, 3.8) is 0 Å². The van der Waals surface area contributed by atoms with Crippen LogP contribution in [-0.2, 0) is 0 Å². The Morgan fingerprint density at radius 1 is 1.32 bits per heavy atom. The summed E-state index contributed by atoms with van der Waals surface area (Å²) in [7, 11) is 0. The van der Waals surface area contributed by atoms with Crippen molar-refractivity contribution in [2.24, 2.45) is 10.8 Å². The van der Waals surface area contributed by atoms with Gasteiger partial charge in [0.15, 0.2) is 5.11 Å². The van der Waals surface area contributed by atoms with Crippen LogP contribution in [0.4, 0.5) is 0 Å². The molecule has 0 radical (unpaired) electrons. The summed E-state index contributed by atoms with van der Waals surface area (Å²) in [5, 5.41) is 5.11. The van der Waals surface area contributed by atoms with Gasteiger partial charge in [-0.2, -0.15) is 5.10 Å². The molecule has 8 heteroatoms. The number of allylic oxidation sites excluding steroid dienone is 3. The Morgan fingerprint density at radius 3 is 2.82 bits per heavy atom. The largest absolute Gasteiger partial charge is 0.491 e. The maximum atomic E-state index is 5.79. The maximum absolute atomic E-state index is 5.79. The number of thiocarbonyl (C=S) groups is 1. The first-order valence-corrected chi connectivity index (χ1v) is 9.72. The van der Waals surface area contributed by atoms with E-state index in [1.165, 1.54) is 0 Å². The van der Waals surface area contributed by atoms with Crippen LogP contribution in [0.5, 0.6) is 5.75 Å². The van der Waals surface area contributed by atoms with Crippen molar-refractivity contribution in [1.82, 2.24) is 20.2 Å². The van der Waals surface area contributed by atoms with Gasteiger partial charge in [-0.25, -0.2) is 0 Å². The molecule has 2 aliphatic heterocycles. The Bertz CT molecular complexity index is 824. The van der Waals surface area contributed by atoms with E-state index in [0.717, 1.165) is 54.7 Å². The molecule has 3 heterocycles. The molecule has 0 spiro atoms. The van der Waals surface area contributed by atoms with Crippen LogP contribution in [-0.4, -0.2) is 58.4 Å².